The molecule has 0 radical (unpaired) electrons. The molecule has 0 spiro atoms. The van der Waals surface area contributed by atoms with Crippen molar-refractivity contribution in [3.05, 3.63) is 112 Å². The summed E-state index contributed by atoms with van der Waals surface area (Å²) in [6.45, 7) is 12.1. The minimum Gasteiger partial charge on any atom is -0.481 e. The standard InChI is InChI=1S/C50H65N5O7S/c1-8-33(4)45(53-47(58)42-21-15-16-26-54(42)7)49(59)55(30-37-17-11-9-12-18-37)43(32(2)3)29-44(62-35(6)56)48-52-41(31-63-48)46(57)51-40(27-34(5)50(60)61)28-36-22-24-39(25-23-36)38-19-13-10-14-20-38/h9-14,17-20,22-25,31-34,40,42-45H,8,15-16,21,26-30H2,1-7H3,(H,51,57)(H,53,58)(H,60,61). The van der Waals surface area contributed by atoms with Crippen LogP contribution in [0.3, 0.4) is 0 Å². The van der Waals surface area contributed by atoms with E-state index < -0.39 is 48.0 Å². The number of hydrogen-bond acceptors (Lipinski definition) is 9. The Bertz CT molecular complexity index is 2110. The van der Waals surface area contributed by atoms with Gasteiger partial charge in [0.05, 0.1) is 12.0 Å². The minimum absolute atomic E-state index is 0.116. The molecule has 3 aromatic carbocycles. The van der Waals surface area contributed by atoms with E-state index in [-0.39, 0.29) is 54.8 Å². The number of carbonyl (C=O) groups excluding carboxylic acids is 4. The molecule has 0 aliphatic carbocycles. The molecule has 5 rings (SSSR count). The Kier molecular flexibility index (Phi) is 18.0. The molecule has 63 heavy (non-hydrogen) atoms. The number of rotatable bonds is 21. The Morgan fingerprint density at radius 3 is 2.13 bits per heavy atom. The Hall–Kier alpha value is -5.40. The SMILES string of the molecule is CCC(C)C(NC(=O)C1CCCCN1C)C(=O)N(Cc1ccccc1)C(CC(OC(C)=O)c1nc(C(=O)NC(Cc2ccc(-c3ccccc3)cc2)CC(C)C(=O)O)cs1)C(C)C. The van der Waals surface area contributed by atoms with Crippen molar-refractivity contribution < 1.29 is 33.8 Å². The van der Waals surface area contributed by atoms with Crippen LogP contribution in [-0.4, -0.2) is 87.3 Å². The monoisotopic (exact) mass is 879 g/mol. The fraction of sp³-hybridized carbons (Fsp3) is 0.480. The van der Waals surface area contributed by atoms with E-state index in [1.54, 1.807) is 12.3 Å². The zero-order valence-corrected chi connectivity index (χ0v) is 38.6. The number of likely N-dealkylation sites (tertiary alicyclic amines) is 1. The first-order valence-electron chi connectivity index (χ1n) is 22.3. The average molecular weight is 880 g/mol. The molecule has 3 amide bonds. The van der Waals surface area contributed by atoms with Crippen LogP contribution in [0.25, 0.3) is 11.1 Å². The van der Waals surface area contributed by atoms with Crippen LogP contribution in [0.15, 0.2) is 90.3 Å². The van der Waals surface area contributed by atoms with Gasteiger partial charge in [-0.3, -0.25) is 28.9 Å². The van der Waals surface area contributed by atoms with Crippen LogP contribution in [0.5, 0.6) is 0 Å². The van der Waals surface area contributed by atoms with Gasteiger partial charge in [-0.25, -0.2) is 4.98 Å². The van der Waals surface area contributed by atoms with Gasteiger partial charge in [-0.1, -0.05) is 132 Å². The van der Waals surface area contributed by atoms with E-state index in [2.05, 4.69) is 15.5 Å². The van der Waals surface area contributed by atoms with Gasteiger partial charge in [0.2, 0.25) is 11.8 Å². The number of esters is 1. The molecule has 7 atom stereocenters. The lowest BCUT2D eigenvalue weighted by atomic mass is 9.91. The Morgan fingerprint density at radius 2 is 1.52 bits per heavy atom. The number of thiazole rings is 1. The predicted molar refractivity (Wildman–Crippen MR) is 247 cm³/mol. The lowest BCUT2D eigenvalue weighted by molar-refractivity contribution is -0.150. The summed E-state index contributed by atoms with van der Waals surface area (Å²) >= 11 is 1.19. The molecule has 0 bridgehead atoms. The topological polar surface area (TPSA) is 158 Å². The maximum atomic E-state index is 15.0. The molecule has 13 heteroatoms. The number of carbonyl (C=O) groups is 5. The van der Waals surface area contributed by atoms with Gasteiger partial charge in [0, 0.05) is 37.4 Å². The normalized spacial score (nSPS) is 17.1. The smallest absolute Gasteiger partial charge is 0.306 e. The Balaban J connectivity index is 1.40. The molecule has 12 nitrogen and oxygen atoms in total. The first-order valence-corrected chi connectivity index (χ1v) is 23.2. The number of aromatic nitrogens is 1. The second-order valence-corrected chi connectivity index (χ2v) is 18.3. The zero-order valence-electron chi connectivity index (χ0n) is 37.8. The van der Waals surface area contributed by atoms with Gasteiger partial charge in [-0.2, -0.15) is 0 Å². The molecular weight excluding hydrogens is 815 g/mol. The second kappa shape index (κ2) is 23.3. The summed E-state index contributed by atoms with van der Waals surface area (Å²) in [6.07, 6.45) is 3.27. The van der Waals surface area contributed by atoms with Crippen molar-refractivity contribution in [2.45, 2.75) is 123 Å². The number of hydrogen-bond donors (Lipinski definition) is 3. The van der Waals surface area contributed by atoms with Gasteiger partial charge in [0.15, 0.2) is 6.10 Å². The largest absolute Gasteiger partial charge is 0.481 e. The number of likely N-dealkylation sites (N-methyl/N-ethyl adjacent to an activating group) is 1. The molecule has 338 valence electrons. The van der Waals surface area contributed by atoms with Gasteiger partial charge in [-0.15, -0.1) is 11.3 Å². The number of carboxylic acid groups (broad SMARTS) is 1. The van der Waals surface area contributed by atoms with E-state index in [4.69, 9.17) is 9.72 Å². The highest BCUT2D eigenvalue weighted by molar-refractivity contribution is 7.09. The van der Waals surface area contributed by atoms with Gasteiger partial charge in [-0.05, 0) is 73.4 Å². The maximum absolute atomic E-state index is 15.0. The van der Waals surface area contributed by atoms with Crippen LogP contribution in [0.2, 0.25) is 0 Å². The number of aliphatic carboxylic acids is 1. The van der Waals surface area contributed by atoms with Crippen molar-refractivity contribution >= 4 is 41.0 Å². The number of nitrogens with one attached hydrogen (secondary N) is 2. The van der Waals surface area contributed by atoms with Gasteiger partial charge in [0.1, 0.15) is 16.7 Å². The number of nitrogens with zero attached hydrogens (tertiary/aromatic N) is 3. The lowest BCUT2D eigenvalue weighted by Crippen LogP contribution is -2.58. The van der Waals surface area contributed by atoms with Crippen LogP contribution in [0.4, 0.5) is 0 Å². The van der Waals surface area contributed by atoms with E-state index in [0.29, 0.717) is 17.8 Å². The highest BCUT2D eigenvalue weighted by Crippen LogP contribution is 2.33. The summed E-state index contributed by atoms with van der Waals surface area (Å²) in [7, 11) is 1.95. The summed E-state index contributed by atoms with van der Waals surface area (Å²) in [5.41, 5.74) is 4.10. The summed E-state index contributed by atoms with van der Waals surface area (Å²) in [5, 5.41) is 18.0. The van der Waals surface area contributed by atoms with E-state index in [9.17, 15) is 24.3 Å². The molecule has 4 aromatic rings. The van der Waals surface area contributed by atoms with Gasteiger partial charge < -0.3 is 25.4 Å². The molecule has 1 aromatic heterocycles. The van der Waals surface area contributed by atoms with Crippen LogP contribution in [0, 0.1) is 17.8 Å². The molecule has 0 saturated carbocycles. The molecule has 7 unspecified atom stereocenters. The summed E-state index contributed by atoms with van der Waals surface area (Å²) in [6, 6.07) is 25.6. The fourth-order valence-corrected chi connectivity index (χ4v) is 9.14. The lowest BCUT2D eigenvalue weighted by Gasteiger charge is -2.40. The number of amides is 3. The number of ether oxygens (including phenoxy) is 1. The first kappa shape index (κ1) is 48.6. The predicted octanol–water partition coefficient (Wildman–Crippen LogP) is 8.32. The molecule has 1 fully saturated rings. The summed E-state index contributed by atoms with van der Waals surface area (Å²) in [4.78, 5) is 76.0. The number of piperidine rings is 1. The van der Waals surface area contributed by atoms with E-state index in [1.165, 1.54) is 18.3 Å². The highest BCUT2D eigenvalue weighted by atomic mass is 32.1. The molecule has 1 aliphatic rings. The van der Waals surface area contributed by atoms with Crippen LogP contribution in [-0.2, 0) is 36.9 Å². The van der Waals surface area contributed by atoms with Gasteiger partial charge in [0.25, 0.3) is 5.91 Å². The van der Waals surface area contributed by atoms with Crippen molar-refractivity contribution in [2.24, 2.45) is 17.8 Å². The molecule has 2 heterocycles. The van der Waals surface area contributed by atoms with Crippen molar-refractivity contribution in [3.63, 3.8) is 0 Å². The zero-order chi connectivity index (χ0) is 45.6. The summed E-state index contributed by atoms with van der Waals surface area (Å²) < 4.78 is 5.95. The average Bonchev–Trinajstić information content (AvgIpc) is 3.77. The molecule has 1 aliphatic heterocycles. The van der Waals surface area contributed by atoms with Gasteiger partial charge >= 0.3 is 11.9 Å². The first-order chi connectivity index (χ1) is 30.1. The minimum atomic E-state index is -0.956. The fourth-order valence-electron chi connectivity index (χ4n) is 8.30. The van der Waals surface area contributed by atoms with Crippen molar-refractivity contribution in [1.82, 2.24) is 25.4 Å². The van der Waals surface area contributed by atoms with Crippen molar-refractivity contribution in [1.29, 1.82) is 0 Å². The third kappa shape index (κ3) is 13.8. The van der Waals surface area contributed by atoms with Crippen molar-refractivity contribution in [2.75, 3.05) is 13.6 Å². The molecule has 3 N–H and O–H groups in total. The quantitative estimate of drug-likeness (QED) is 0.0700. The Morgan fingerprint density at radius 1 is 0.873 bits per heavy atom. The Labute approximate surface area is 376 Å². The highest BCUT2D eigenvalue weighted by Gasteiger charge is 2.39. The van der Waals surface area contributed by atoms with E-state index in [0.717, 1.165) is 48.1 Å². The maximum Gasteiger partial charge on any atom is 0.306 e. The van der Waals surface area contributed by atoms with E-state index >= 15 is 4.79 Å². The van der Waals surface area contributed by atoms with Crippen LogP contribution < -0.4 is 10.6 Å². The van der Waals surface area contributed by atoms with Crippen LogP contribution in [0.1, 0.15) is 113 Å². The second-order valence-electron chi connectivity index (χ2n) is 17.4. The summed E-state index contributed by atoms with van der Waals surface area (Å²) in [5.74, 6) is -3.32. The molecular formula is C50H65N5O7S. The molecule has 1 saturated heterocycles. The number of carboxylic acids is 1. The third-order valence-electron chi connectivity index (χ3n) is 12.2. The van der Waals surface area contributed by atoms with Crippen molar-refractivity contribution in [3.8, 4) is 11.1 Å². The third-order valence-corrected chi connectivity index (χ3v) is 13.2. The van der Waals surface area contributed by atoms with Crippen LogP contribution >= 0.6 is 11.3 Å². The van der Waals surface area contributed by atoms with E-state index in [1.807, 2.05) is 125 Å². The number of benzene rings is 3.